The Hall–Kier alpha value is -2.08. The molecular weight excluding hydrogens is 288 g/mol. The van der Waals surface area contributed by atoms with Gasteiger partial charge in [-0.1, -0.05) is 65.3 Å². The molecule has 0 heterocycles. The molecule has 2 unspecified atom stereocenters. The molecule has 0 aliphatic heterocycles. The van der Waals surface area contributed by atoms with E-state index in [1.54, 1.807) is 5.56 Å². The normalized spacial score (nSPS) is 21.3. The van der Waals surface area contributed by atoms with E-state index in [2.05, 4.69) is 76.2 Å². The number of hydrogen-bond acceptors (Lipinski definition) is 0. The van der Waals surface area contributed by atoms with Gasteiger partial charge in [-0.25, -0.2) is 0 Å². The average Bonchev–Trinajstić information content (AvgIpc) is 3.02. The fourth-order valence-corrected chi connectivity index (χ4v) is 4.72. The minimum Gasteiger partial charge on any atom is -0.0652 e. The molecule has 2 atom stereocenters. The van der Waals surface area contributed by atoms with Crippen LogP contribution in [0.2, 0.25) is 0 Å². The van der Waals surface area contributed by atoms with Gasteiger partial charge in [-0.05, 0) is 68.4 Å². The number of allylic oxidation sites excluding steroid dienone is 2. The third-order valence-corrected chi connectivity index (χ3v) is 5.91. The Balaban J connectivity index is 1.58. The first kappa shape index (κ1) is 15.4. The van der Waals surface area contributed by atoms with Crippen LogP contribution >= 0.6 is 0 Å². The van der Waals surface area contributed by atoms with Crippen LogP contribution < -0.4 is 0 Å². The standard InChI is InChI=1S/C24H26/c1-15-11-16(2)23-14-18(4)21(24(23)12-15)10-9-20-17(3)13-19-7-5-6-8-22(19)20/h5-8,11-14,20-21H,9-10H2,1-4H3. The van der Waals surface area contributed by atoms with Crippen LogP contribution in [0, 0.1) is 13.8 Å². The average molecular weight is 314 g/mol. The monoisotopic (exact) mass is 314 g/mol. The van der Waals surface area contributed by atoms with Gasteiger partial charge in [0.25, 0.3) is 0 Å². The topological polar surface area (TPSA) is 0 Å². The van der Waals surface area contributed by atoms with E-state index in [0.717, 1.165) is 0 Å². The minimum atomic E-state index is 0.596. The third-order valence-electron chi connectivity index (χ3n) is 5.91. The lowest BCUT2D eigenvalue weighted by Gasteiger charge is -2.20. The lowest BCUT2D eigenvalue weighted by Crippen LogP contribution is -2.04. The second-order valence-corrected chi connectivity index (χ2v) is 7.67. The maximum absolute atomic E-state index is 2.42. The summed E-state index contributed by atoms with van der Waals surface area (Å²) in [4.78, 5) is 0. The van der Waals surface area contributed by atoms with Gasteiger partial charge >= 0.3 is 0 Å². The molecule has 0 heteroatoms. The Morgan fingerprint density at radius 3 is 2.21 bits per heavy atom. The van der Waals surface area contributed by atoms with Gasteiger partial charge in [0.1, 0.15) is 0 Å². The van der Waals surface area contributed by atoms with Crippen molar-refractivity contribution in [3.8, 4) is 0 Å². The van der Waals surface area contributed by atoms with Crippen molar-refractivity contribution >= 4 is 12.2 Å². The highest BCUT2D eigenvalue weighted by atomic mass is 14.3. The summed E-state index contributed by atoms with van der Waals surface area (Å²) in [5.41, 5.74) is 11.8. The lowest BCUT2D eigenvalue weighted by atomic mass is 9.84. The number of fused-ring (bicyclic) bond motifs is 2. The lowest BCUT2D eigenvalue weighted by molar-refractivity contribution is 0.611. The molecule has 0 aromatic heterocycles. The molecule has 0 fully saturated rings. The van der Waals surface area contributed by atoms with E-state index in [4.69, 9.17) is 0 Å². The van der Waals surface area contributed by atoms with Gasteiger partial charge in [0.2, 0.25) is 0 Å². The Morgan fingerprint density at radius 1 is 0.750 bits per heavy atom. The SMILES string of the molecule is CC1=Cc2ccccc2C1CCC1C(C)=Cc2c(C)cc(C)cc21. The molecule has 4 rings (SSSR count). The number of benzene rings is 2. The van der Waals surface area contributed by atoms with Crippen molar-refractivity contribution in [3.63, 3.8) is 0 Å². The molecule has 0 saturated carbocycles. The first-order valence-electron chi connectivity index (χ1n) is 9.11. The smallest absolute Gasteiger partial charge is 0.00551 e. The minimum absolute atomic E-state index is 0.596. The molecular formula is C24H26. The van der Waals surface area contributed by atoms with Crippen LogP contribution in [0.3, 0.4) is 0 Å². The van der Waals surface area contributed by atoms with Gasteiger partial charge < -0.3 is 0 Å². The molecule has 2 aromatic carbocycles. The van der Waals surface area contributed by atoms with Crippen LogP contribution in [0.25, 0.3) is 12.2 Å². The molecule has 0 radical (unpaired) electrons. The molecule has 0 N–H and O–H groups in total. The maximum atomic E-state index is 2.42. The highest BCUT2D eigenvalue weighted by Gasteiger charge is 2.27. The first-order chi connectivity index (χ1) is 11.5. The van der Waals surface area contributed by atoms with Crippen molar-refractivity contribution in [1.82, 2.24) is 0 Å². The fraction of sp³-hybridized carbons (Fsp3) is 0.333. The van der Waals surface area contributed by atoms with Gasteiger partial charge in [0.15, 0.2) is 0 Å². The van der Waals surface area contributed by atoms with Gasteiger partial charge in [0, 0.05) is 11.8 Å². The zero-order chi connectivity index (χ0) is 16.8. The van der Waals surface area contributed by atoms with E-state index in [9.17, 15) is 0 Å². The van der Waals surface area contributed by atoms with Crippen molar-refractivity contribution in [2.24, 2.45) is 0 Å². The predicted octanol–water partition coefficient (Wildman–Crippen LogP) is 6.78. The van der Waals surface area contributed by atoms with Crippen LogP contribution in [0.15, 0.2) is 47.5 Å². The van der Waals surface area contributed by atoms with Crippen LogP contribution in [0.5, 0.6) is 0 Å². The summed E-state index contributed by atoms with van der Waals surface area (Å²) < 4.78 is 0. The van der Waals surface area contributed by atoms with Gasteiger partial charge in [-0.3, -0.25) is 0 Å². The summed E-state index contributed by atoms with van der Waals surface area (Å²) in [7, 11) is 0. The summed E-state index contributed by atoms with van der Waals surface area (Å²) in [5, 5.41) is 0. The summed E-state index contributed by atoms with van der Waals surface area (Å²) in [5.74, 6) is 1.20. The Labute approximate surface area is 145 Å². The molecule has 0 bridgehead atoms. The molecule has 0 amide bonds. The van der Waals surface area contributed by atoms with E-state index in [0.29, 0.717) is 11.8 Å². The zero-order valence-electron chi connectivity index (χ0n) is 15.2. The third kappa shape index (κ3) is 2.45. The molecule has 2 aliphatic rings. The predicted molar refractivity (Wildman–Crippen MR) is 104 cm³/mol. The second-order valence-electron chi connectivity index (χ2n) is 7.67. The van der Waals surface area contributed by atoms with Gasteiger partial charge in [0.05, 0.1) is 0 Å². The van der Waals surface area contributed by atoms with Crippen molar-refractivity contribution < 1.29 is 0 Å². The first-order valence-corrected chi connectivity index (χ1v) is 9.11. The Morgan fingerprint density at radius 2 is 1.42 bits per heavy atom. The summed E-state index contributed by atoms with van der Waals surface area (Å²) in [6, 6.07) is 13.6. The fourth-order valence-electron chi connectivity index (χ4n) is 4.72. The van der Waals surface area contributed by atoms with E-state index >= 15 is 0 Å². The maximum Gasteiger partial charge on any atom is 0.00551 e. The molecule has 2 aliphatic carbocycles. The molecule has 0 spiro atoms. The summed E-state index contributed by atoms with van der Waals surface area (Å²) in [6.07, 6.45) is 7.27. The molecule has 0 saturated heterocycles. The second kappa shape index (κ2) is 5.77. The molecule has 122 valence electrons. The van der Waals surface area contributed by atoms with E-state index in [-0.39, 0.29) is 0 Å². The van der Waals surface area contributed by atoms with Crippen molar-refractivity contribution in [2.75, 3.05) is 0 Å². The quantitative estimate of drug-likeness (QED) is 0.585. The molecule has 24 heavy (non-hydrogen) atoms. The van der Waals surface area contributed by atoms with Crippen molar-refractivity contribution in [2.45, 2.75) is 52.4 Å². The molecule has 2 aromatic rings. The summed E-state index contributed by atoms with van der Waals surface area (Å²) in [6.45, 7) is 9.07. The van der Waals surface area contributed by atoms with E-state index < -0.39 is 0 Å². The van der Waals surface area contributed by atoms with Crippen molar-refractivity contribution in [1.29, 1.82) is 0 Å². The molecule has 0 nitrogen and oxygen atoms in total. The summed E-state index contributed by atoms with van der Waals surface area (Å²) >= 11 is 0. The van der Waals surface area contributed by atoms with Crippen molar-refractivity contribution in [3.05, 3.63) is 80.9 Å². The van der Waals surface area contributed by atoms with Crippen LogP contribution in [-0.2, 0) is 0 Å². The zero-order valence-corrected chi connectivity index (χ0v) is 15.2. The largest absolute Gasteiger partial charge is 0.0652 e. The number of rotatable bonds is 3. The highest BCUT2D eigenvalue weighted by molar-refractivity contribution is 5.69. The highest BCUT2D eigenvalue weighted by Crippen LogP contribution is 2.45. The van der Waals surface area contributed by atoms with Gasteiger partial charge in [-0.15, -0.1) is 0 Å². The van der Waals surface area contributed by atoms with E-state index in [1.807, 2.05) is 0 Å². The van der Waals surface area contributed by atoms with E-state index in [1.165, 1.54) is 51.8 Å². The van der Waals surface area contributed by atoms with Crippen LogP contribution in [-0.4, -0.2) is 0 Å². The number of aryl methyl sites for hydroxylation is 2. The van der Waals surface area contributed by atoms with Crippen LogP contribution in [0.4, 0.5) is 0 Å². The Kier molecular flexibility index (Phi) is 3.72. The van der Waals surface area contributed by atoms with Crippen LogP contribution in [0.1, 0.15) is 71.9 Å². The Bertz CT molecular complexity index is 864. The van der Waals surface area contributed by atoms with Gasteiger partial charge in [-0.2, -0.15) is 0 Å². The number of hydrogen-bond donors (Lipinski definition) is 0.